The van der Waals surface area contributed by atoms with Crippen molar-refractivity contribution in [3.63, 3.8) is 0 Å². The number of amides is 1. The van der Waals surface area contributed by atoms with Crippen molar-refractivity contribution in [2.45, 2.75) is 26.2 Å². The van der Waals surface area contributed by atoms with Gasteiger partial charge in [-0.3, -0.25) is 9.69 Å². The van der Waals surface area contributed by atoms with Crippen LogP contribution in [0.4, 0.5) is 11.4 Å². The molecule has 1 aliphatic heterocycles. The largest absolute Gasteiger partial charge is 0.497 e. The SMILES string of the molecule is CC[C@H](C)c1ccc(NC(=O)CN2CCN(c3ccc(OC)cc3)CC2)cc1. The van der Waals surface area contributed by atoms with E-state index in [2.05, 4.69) is 53.2 Å². The van der Waals surface area contributed by atoms with Gasteiger partial charge in [-0.15, -0.1) is 0 Å². The first-order valence-electron chi connectivity index (χ1n) is 10.1. The lowest BCUT2D eigenvalue weighted by atomic mass is 9.99. The summed E-state index contributed by atoms with van der Waals surface area (Å²) in [6.07, 6.45) is 1.12. The summed E-state index contributed by atoms with van der Waals surface area (Å²) in [6.45, 7) is 8.45. The maximum absolute atomic E-state index is 12.4. The first-order valence-corrected chi connectivity index (χ1v) is 10.1. The minimum absolute atomic E-state index is 0.0502. The molecule has 0 unspecified atom stereocenters. The molecule has 0 spiro atoms. The highest BCUT2D eigenvalue weighted by molar-refractivity contribution is 5.92. The van der Waals surface area contributed by atoms with Gasteiger partial charge < -0.3 is 15.0 Å². The molecule has 1 amide bonds. The first kappa shape index (κ1) is 20.2. The van der Waals surface area contributed by atoms with Gasteiger partial charge >= 0.3 is 0 Å². The van der Waals surface area contributed by atoms with Crippen LogP contribution in [0.1, 0.15) is 31.7 Å². The van der Waals surface area contributed by atoms with Gasteiger partial charge in [0.1, 0.15) is 5.75 Å². The van der Waals surface area contributed by atoms with Crippen LogP contribution >= 0.6 is 0 Å². The lowest BCUT2D eigenvalue weighted by Crippen LogP contribution is -2.48. The average molecular weight is 382 g/mol. The van der Waals surface area contributed by atoms with Crippen LogP contribution in [-0.2, 0) is 4.79 Å². The van der Waals surface area contributed by atoms with Crippen LogP contribution in [-0.4, -0.2) is 50.6 Å². The van der Waals surface area contributed by atoms with Crippen molar-refractivity contribution < 1.29 is 9.53 Å². The van der Waals surface area contributed by atoms with E-state index in [0.29, 0.717) is 12.5 Å². The topological polar surface area (TPSA) is 44.8 Å². The summed E-state index contributed by atoms with van der Waals surface area (Å²) >= 11 is 0. The molecule has 0 aromatic heterocycles. The molecule has 1 fully saturated rings. The van der Waals surface area contributed by atoms with Crippen molar-refractivity contribution >= 4 is 17.3 Å². The van der Waals surface area contributed by atoms with Crippen molar-refractivity contribution in [1.82, 2.24) is 4.90 Å². The molecule has 0 saturated carbocycles. The van der Waals surface area contributed by atoms with Crippen LogP contribution in [0.15, 0.2) is 48.5 Å². The Balaban J connectivity index is 1.45. The van der Waals surface area contributed by atoms with Crippen LogP contribution in [0, 0.1) is 0 Å². The van der Waals surface area contributed by atoms with Crippen LogP contribution in [0.5, 0.6) is 5.75 Å². The summed E-state index contributed by atoms with van der Waals surface area (Å²) in [5.74, 6) is 1.47. The van der Waals surface area contributed by atoms with E-state index in [1.807, 2.05) is 24.3 Å². The third-order valence-corrected chi connectivity index (χ3v) is 5.55. The molecule has 1 atom stereocenters. The summed E-state index contributed by atoms with van der Waals surface area (Å²) in [4.78, 5) is 17.0. The Morgan fingerprint density at radius 3 is 2.25 bits per heavy atom. The van der Waals surface area contributed by atoms with E-state index in [0.717, 1.165) is 44.0 Å². The fourth-order valence-corrected chi connectivity index (χ4v) is 3.49. The normalized spacial score (nSPS) is 15.9. The van der Waals surface area contributed by atoms with E-state index in [1.165, 1.54) is 11.3 Å². The molecule has 0 bridgehead atoms. The number of rotatable bonds is 7. The standard InChI is InChI=1S/C23H31N3O2/c1-4-18(2)19-5-7-20(8-6-19)24-23(27)17-25-13-15-26(16-14-25)21-9-11-22(28-3)12-10-21/h5-12,18H,4,13-17H2,1-3H3,(H,24,27)/t18-/m0/s1. The highest BCUT2D eigenvalue weighted by atomic mass is 16.5. The molecule has 5 heteroatoms. The molecular formula is C23H31N3O2. The molecule has 5 nitrogen and oxygen atoms in total. The van der Waals surface area contributed by atoms with Gasteiger partial charge in [0.15, 0.2) is 0 Å². The van der Waals surface area contributed by atoms with Crippen molar-refractivity contribution in [2.75, 3.05) is 50.1 Å². The number of piperazine rings is 1. The zero-order valence-corrected chi connectivity index (χ0v) is 17.1. The second-order valence-corrected chi connectivity index (χ2v) is 7.44. The smallest absolute Gasteiger partial charge is 0.238 e. The van der Waals surface area contributed by atoms with Gasteiger partial charge in [0, 0.05) is 37.6 Å². The Bertz CT molecular complexity index is 750. The predicted octanol–water partition coefficient (Wildman–Crippen LogP) is 3.97. The number of nitrogens with one attached hydrogen (secondary N) is 1. The third-order valence-electron chi connectivity index (χ3n) is 5.55. The van der Waals surface area contributed by atoms with Gasteiger partial charge in [0.05, 0.1) is 13.7 Å². The van der Waals surface area contributed by atoms with Gasteiger partial charge in [-0.25, -0.2) is 0 Å². The highest BCUT2D eigenvalue weighted by Gasteiger charge is 2.19. The maximum Gasteiger partial charge on any atom is 0.238 e. The van der Waals surface area contributed by atoms with Gasteiger partial charge in [0.2, 0.25) is 5.91 Å². The zero-order valence-electron chi connectivity index (χ0n) is 17.1. The predicted molar refractivity (Wildman–Crippen MR) is 115 cm³/mol. The number of methoxy groups -OCH3 is 1. The quantitative estimate of drug-likeness (QED) is 0.788. The van der Waals surface area contributed by atoms with Gasteiger partial charge in [-0.2, -0.15) is 0 Å². The van der Waals surface area contributed by atoms with E-state index in [1.54, 1.807) is 7.11 Å². The zero-order chi connectivity index (χ0) is 19.9. The van der Waals surface area contributed by atoms with Crippen LogP contribution in [0.25, 0.3) is 0 Å². The van der Waals surface area contributed by atoms with E-state index < -0.39 is 0 Å². The first-order chi connectivity index (χ1) is 13.6. The van der Waals surface area contributed by atoms with Crippen LogP contribution in [0.2, 0.25) is 0 Å². The lowest BCUT2D eigenvalue weighted by molar-refractivity contribution is -0.117. The Labute approximate surface area is 168 Å². The number of carbonyl (C=O) groups is 1. The van der Waals surface area contributed by atoms with Crippen molar-refractivity contribution in [3.05, 3.63) is 54.1 Å². The molecule has 1 N–H and O–H groups in total. The summed E-state index contributed by atoms with van der Waals surface area (Å²) in [7, 11) is 1.68. The number of ether oxygens (including phenoxy) is 1. The Hall–Kier alpha value is -2.53. The number of hydrogen-bond acceptors (Lipinski definition) is 4. The molecule has 0 aliphatic carbocycles. The van der Waals surface area contributed by atoms with Gasteiger partial charge in [-0.05, 0) is 54.3 Å². The minimum Gasteiger partial charge on any atom is -0.497 e. The van der Waals surface area contributed by atoms with E-state index >= 15 is 0 Å². The number of nitrogens with zero attached hydrogens (tertiary/aromatic N) is 2. The second kappa shape index (κ2) is 9.60. The molecule has 2 aromatic carbocycles. The van der Waals surface area contributed by atoms with E-state index in [-0.39, 0.29) is 5.91 Å². The molecule has 1 saturated heterocycles. The second-order valence-electron chi connectivity index (χ2n) is 7.44. The van der Waals surface area contributed by atoms with Gasteiger partial charge in [0.25, 0.3) is 0 Å². The van der Waals surface area contributed by atoms with Gasteiger partial charge in [-0.1, -0.05) is 26.0 Å². The average Bonchev–Trinajstić information content (AvgIpc) is 2.74. The van der Waals surface area contributed by atoms with Crippen molar-refractivity contribution in [2.24, 2.45) is 0 Å². The van der Waals surface area contributed by atoms with Crippen molar-refractivity contribution in [1.29, 1.82) is 0 Å². The monoisotopic (exact) mass is 381 g/mol. The minimum atomic E-state index is 0.0502. The number of anilines is 2. The molecule has 3 rings (SSSR count). The fourth-order valence-electron chi connectivity index (χ4n) is 3.49. The molecule has 150 valence electrons. The maximum atomic E-state index is 12.4. The molecular weight excluding hydrogens is 350 g/mol. The third kappa shape index (κ3) is 5.26. The molecule has 0 radical (unpaired) electrons. The highest BCUT2D eigenvalue weighted by Crippen LogP contribution is 2.21. The number of hydrogen-bond donors (Lipinski definition) is 1. The Morgan fingerprint density at radius 1 is 1.04 bits per heavy atom. The molecule has 1 heterocycles. The molecule has 2 aromatic rings. The number of benzene rings is 2. The Kier molecular flexibility index (Phi) is 6.93. The molecule has 1 aliphatic rings. The van der Waals surface area contributed by atoms with Crippen LogP contribution < -0.4 is 15.0 Å². The summed E-state index contributed by atoms with van der Waals surface area (Å²) in [5, 5.41) is 3.02. The lowest BCUT2D eigenvalue weighted by Gasteiger charge is -2.35. The van der Waals surface area contributed by atoms with E-state index in [9.17, 15) is 4.79 Å². The summed E-state index contributed by atoms with van der Waals surface area (Å²) in [6, 6.07) is 16.4. The summed E-state index contributed by atoms with van der Waals surface area (Å²) in [5.41, 5.74) is 3.38. The Morgan fingerprint density at radius 2 is 1.68 bits per heavy atom. The van der Waals surface area contributed by atoms with Crippen LogP contribution in [0.3, 0.4) is 0 Å². The molecule has 28 heavy (non-hydrogen) atoms. The van der Waals surface area contributed by atoms with E-state index in [4.69, 9.17) is 4.74 Å². The summed E-state index contributed by atoms with van der Waals surface area (Å²) < 4.78 is 5.22. The van der Waals surface area contributed by atoms with Crippen molar-refractivity contribution in [3.8, 4) is 5.75 Å². The fraction of sp³-hybridized carbons (Fsp3) is 0.435. The number of carbonyl (C=O) groups excluding carboxylic acids is 1.